The van der Waals surface area contributed by atoms with E-state index in [0.29, 0.717) is 16.8 Å². The lowest BCUT2D eigenvalue weighted by molar-refractivity contribution is 0.0696. The number of benzene rings is 1. The van der Waals surface area contributed by atoms with Crippen LogP contribution in [0.1, 0.15) is 10.4 Å². The highest BCUT2D eigenvalue weighted by Gasteiger charge is 2.08. The monoisotopic (exact) mass is 337 g/mol. The summed E-state index contributed by atoms with van der Waals surface area (Å²) in [5.74, 6) is -0.574. The summed E-state index contributed by atoms with van der Waals surface area (Å²) in [5.41, 5.74) is 0.0505. The first-order valence-electron chi connectivity index (χ1n) is 5.89. The minimum atomic E-state index is -1.01. The molecule has 20 heavy (non-hydrogen) atoms. The molecule has 0 amide bonds. The maximum atomic E-state index is 11.5. The van der Waals surface area contributed by atoms with Crippen LogP contribution >= 0.6 is 15.9 Å². The Morgan fingerprint density at radius 1 is 1.30 bits per heavy atom. The van der Waals surface area contributed by atoms with Gasteiger partial charge >= 0.3 is 5.97 Å². The maximum absolute atomic E-state index is 11.5. The Bertz CT molecular complexity index is 681. The van der Waals surface area contributed by atoms with Crippen LogP contribution in [-0.4, -0.2) is 22.2 Å². The molecule has 0 saturated heterocycles. The van der Waals surface area contributed by atoms with Crippen LogP contribution in [0.4, 0.5) is 0 Å². The van der Waals surface area contributed by atoms with Gasteiger partial charge in [-0.2, -0.15) is 0 Å². The molecule has 1 N–H and O–H groups in total. The predicted octanol–water partition coefficient (Wildman–Crippen LogP) is 2.39. The lowest BCUT2D eigenvalue weighted by Gasteiger charge is -2.10. The van der Waals surface area contributed by atoms with Crippen molar-refractivity contribution in [3.05, 3.63) is 63.0 Å². The number of carboxylic acid groups (broad SMARTS) is 1. The lowest BCUT2D eigenvalue weighted by Crippen LogP contribution is -2.21. The standard InChI is InChI=1S/C14H12BrNO4/c15-11-5-4-10(14(18)19)9-12(11)20-8-7-16-6-2-1-3-13(16)17/h1-6,9H,7-8H2,(H,18,19). The Labute approximate surface area is 123 Å². The highest BCUT2D eigenvalue weighted by atomic mass is 79.9. The quantitative estimate of drug-likeness (QED) is 0.909. The van der Waals surface area contributed by atoms with Crippen LogP contribution < -0.4 is 10.3 Å². The Morgan fingerprint density at radius 2 is 2.10 bits per heavy atom. The van der Waals surface area contributed by atoms with Gasteiger partial charge in [0.05, 0.1) is 16.6 Å². The number of carboxylic acids is 1. The second-order valence-corrected chi connectivity index (χ2v) is 4.89. The van der Waals surface area contributed by atoms with Gasteiger partial charge < -0.3 is 14.4 Å². The number of ether oxygens (including phenoxy) is 1. The second kappa shape index (κ2) is 6.38. The third-order valence-corrected chi connectivity index (χ3v) is 3.32. The van der Waals surface area contributed by atoms with Crippen molar-refractivity contribution in [3.8, 4) is 5.75 Å². The zero-order valence-corrected chi connectivity index (χ0v) is 12.0. The van der Waals surface area contributed by atoms with Crippen LogP contribution in [0.15, 0.2) is 51.9 Å². The normalized spacial score (nSPS) is 10.2. The predicted molar refractivity (Wildman–Crippen MR) is 77.3 cm³/mol. The summed E-state index contributed by atoms with van der Waals surface area (Å²) in [6.45, 7) is 0.662. The summed E-state index contributed by atoms with van der Waals surface area (Å²) in [4.78, 5) is 22.4. The zero-order valence-electron chi connectivity index (χ0n) is 10.5. The van der Waals surface area contributed by atoms with Crippen LogP contribution in [0.25, 0.3) is 0 Å². The minimum absolute atomic E-state index is 0.102. The number of pyridine rings is 1. The van der Waals surface area contributed by atoms with E-state index in [4.69, 9.17) is 9.84 Å². The maximum Gasteiger partial charge on any atom is 0.335 e. The summed E-state index contributed by atoms with van der Waals surface area (Å²) in [7, 11) is 0. The molecule has 0 bridgehead atoms. The molecule has 0 spiro atoms. The first kappa shape index (κ1) is 14.3. The smallest absolute Gasteiger partial charge is 0.335 e. The molecule has 0 aliphatic heterocycles. The average molecular weight is 338 g/mol. The Kier molecular flexibility index (Phi) is 4.57. The fourth-order valence-corrected chi connectivity index (χ4v) is 2.01. The fraction of sp³-hybridized carbons (Fsp3) is 0.143. The summed E-state index contributed by atoms with van der Waals surface area (Å²) in [5, 5.41) is 8.92. The van der Waals surface area contributed by atoms with Crippen molar-refractivity contribution < 1.29 is 14.6 Å². The largest absolute Gasteiger partial charge is 0.491 e. The van der Waals surface area contributed by atoms with Gasteiger partial charge in [0.1, 0.15) is 12.4 Å². The molecule has 0 aliphatic rings. The van der Waals surface area contributed by atoms with Gasteiger partial charge in [-0.05, 0) is 40.2 Å². The van der Waals surface area contributed by atoms with Crippen molar-refractivity contribution in [1.82, 2.24) is 4.57 Å². The molecule has 0 fully saturated rings. The van der Waals surface area contributed by atoms with E-state index in [-0.39, 0.29) is 17.7 Å². The number of halogens is 1. The molecular formula is C14H12BrNO4. The SMILES string of the molecule is O=C(O)c1ccc(Br)c(OCCn2ccccc2=O)c1. The molecule has 1 heterocycles. The van der Waals surface area contributed by atoms with Gasteiger partial charge in [0, 0.05) is 12.3 Å². The molecule has 5 nitrogen and oxygen atoms in total. The van der Waals surface area contributed by atoms with E-state index >= 15 is 0 Å². The van der Waals surface area contributed by atoms with Gasteiger partial charge in [0.15, 0.2) is 0 Å². The Balaban J connectivity index is 2.04. The Morgan fingerprint density at radius 3 is 2.80 bits per heavy atom. The van der Waals surface area contributed by atoms with E-state index in [1.54, 1.807) is 24.4 Å². The molecule has 2 rings (SSSR count). The molecule has 6 heteroatoms. The van der Waals surface area contributed by atoms with Crippen LogP contribution in [0.2, 0.25) is 0 Å². The van der Waals surface area contributed by atoms with Crippen molar-refractivity contribution in [2.24, 2.45) is 0 Å². The molecule has 1 aromatic carbocycles. The third-order valence-electron chi connectivity index (χ3n) is 2.67. The third kappa shape index (κ3) is 3.48. The van der Waals surface area contributed by atoms with E-state index in [2.05, 4.69) is 15.9 Å². The number of rotatable bonds is 5. The lowest BCUT2D eigenvalue weighted by atomic mass is 10.2. The first-order valence-corrected chi connectivity index (χ1v) is 6.68. The van der Waals surface area contributed by atoms with Gasteiger partial charge in [-0.15, -0.1) is 0 Å². The number of aromatic nitrogens is 1. The van der Waals surface area contributed by atoms with E-state index in [1.165, 1.54) is 22.8 Å². The summed E-state index contributed by atoms with van der Waals surface area (Å²) >= 11 is 3.29. The number of carbonyl (C=O) groups is 1. The summed E-state index contributed by atoms with van der Waals surface area (Å²) in [6, 6.07) is 9.46. The summed E-state index contributed by atoms with van der Waals surface area (Å²) < 4.78 is 7.71. The van der Waals surface area contributed by atoms with Crippen LogP contribution in [-0.2, 0) is 6.54 Å². The minimum Gasteiger partial charge on any atom is -0.491 e. The van der Waals surface area contributed by atoms with Crippen LogP contribution in [0.5, 0.6) is 5.75 Å². The number of hydrogen-bond acceptors (Lipinski definition) is 3. The zero-order chi connectivity index (χ0) is 14.5. The topological polar surface area (TPSA) is 68.5 Å². The highest BCUT2D eigenvalue weighted by molar-refractivity contribution is 9.10. The van der Waals surface area contributed by atoms with E-state index in [9.17, 15) is 9.59 Å². The molecule has 104 valence electrons. The van der Waals surface area contributed by atoms with Crippen molar-refractivity contribution in [3.63, 3.8) is 0 Å². The van der Waals surface area contributed by atoms with Gasteiger partial charge in [-0.25, -0.2) is 4.79 Å². The molecule has 0 saturated carbocycles. The van der Waals surface area contributed by atoms with Crippen molar-refractivity contribution >= 4 is 21.9 Å². The molecule has 1 aromatic heterocycles. The van der Waals surface area contributed by atoms with Crippen molar-refractivity contribution in [1.29, 1.82) is 0 Å². The van der Waals surface area contributed by atoms with Crippen LogP contribution in [0, 0.1) is 0 Å². The number of hydrogen-bond donors (Lipinski definition) is 1. The van der Waals surface area contributed by atoms with Gasteiger partial charge in [0.2, 0.25) is 0 Å². The molecule has 0 atom stereocenters. The van der Waals surface area contributed by atoms with Gasteiger partial charge in [-0.1, -0.05) is 6.07 Å². The molecule has 2 aromatic rings. The van der Waals surface area contributed by atoms with E-state index < -0.39 is 5.97 Å². The average Bonchev–Trinajstić information content (AvgIpc) is 2.42. The van der Waals surface area contributed by atoms with Crippen LogP contribution in [0.3, 0.4) is 0 Å². The first-order chi connectivity index (χ1) is 9.58. The van der Waals surface area contributed by atoms with Gasteiger partial charge in [-0.3, -0.25) is 4.79 Å². The van der Waals surface area contributed by atoms with E-state index in [1.807, 2.05) is 0 Å². The second-order valence-electron chi connectivity index (χ2n) is 4.03. The molecular weight excluding hydrogens is 326 g/mol. The van der Waals surface area contributed by atoms with E-state index in [0.717, 1.165) is 0 Å². The Hall–Kier alpha value is -2.08. The molecule has 0 unspecified atom stereocenters. The molecule has 0 aliphatic carbocycles. The van der Waals surface area contributed by atoms with Crippen molar-refractivity contribution in [2.75, 3.05) is 6.61 Å². The molecule has 0 radical (unpaired) electrons. The van der Waals surface area contributed by atoms with Gasteiger partial charge in [0.25, 0.3) is 5.56 Å². The summed E-state index contributed by atoms with van der Waals surface area (Å²) in [6.07, 6.45) is 1.68. The number of nitrogens with zero attached hydrogens (tertiary/aromatic N) is 1. The number of aromatic carboxylic acids is 1. The van der Waals surface area contributed by atoms with Crippen molar-refractivity contribution in [2.45, 2.75) is 6.54 Å². The fourth-order valence-electron chi connectivity index (χ4n) is 1.65. The highest BCUT2D eigenvalue weighted by Crippen LogP contribution is 2.26.